The van der Waals surface area contributed by atoms with Crippen LogP contribution >= 0.6 is 21.2 Å². The Labute approximate surface area is 74.9 Å². The third-order valence-corrected chi connectivity index (χ3v) is 3.34. The molecule has 0 unspecified atom stereocenters. The number of hydrogen-bond donors (Lipinski definition) is 0. The SMILES string of the molecule is CCCCCCS(=O)(=O)I. The molecule has 0 saturated carbocycles. The van der Waals surface area contributed by atoms with Crippen LogP contribution in [0.3, 0.4) is 0 Å². The van der Waals surface area contributed by atoms with Gasteiger partial charge in [0.25, 0.3) is 0 Å². The zero-order valence-electron chi connectivity index (χ0n) is 6.14. The van der Waals surface area contributed by atoms with Crippen LogP contribution in [-0.4, -0.2) is 14.2 Å². The van der Waals surface area contributed by atoms with Crippen LogP contribution in [0, 0.1) is 0 Å². The van der Waals surface area contributed by atoms with Gasteiger partial charge in [-0.25, -0.2) is 8.42 Å². The molecule has 0 saturated heterocycles. The summed E-state index contributed by atoms with van der Waals surface area (Å²) in [7, 11) is -2.73. The second-order valence-electron chi connectivity index (χ2n) is 2.30. The number of hydrogen-bond acceptors (Lipinski definition) is 2. The summed E-state index contributed by atoms with van der Waals surface area (Å²) in [4.78, 5) is 0. The highest BCUT2D eigenvalue weighted by atomic mass is 127. The lowest BCUT2D eigenvalue weighted by Crippen LogP contribution is -1.95. The summed E-state index contributed by atoms with van der Waals surface area (Å²) in [5.41, 5.74) is 0. The van der Waals surface area contributed by atoms with E-state index in [1.165, 1.54) is 21.2 Å². The van der Waals surface area contributed by atoms with Gasteiger partial charge in [-0.1, -0.05) is 26.2 Å². The van der Waals surface area contributed by atoms with E-state index < -0.39 is 7.01 Å². The average Bonchev–Trinajstić information content (AvgIpc) is 1.78. The van der Waals surface area contributed by atoms with Crippen LogP contribution in [0.1, 0.15) is 32.6 Å². The van der Waals surface area contributed by atoms with Gasteiger partial charge in [-0.05, 0) is 6.42 Å². The molecule has 0 rings (SSSR count). The van der Waals surface area contributed by atoms with Crippen LogP contribution in [0.5, 0.6) is 0 Å². The van der Waals surface area contributed by atoms with Gasteiger partial charge >= 0.3 is 0 Å². The minimum atomic E-state index is -2.73. The Kier molecular flexibility index (Phi) is 5.71. The standard InChI is InChI=1S/C6H13IO2S/c1-2-3-4-5-6-10(7,8)9/h2-6H2,1H3. The first-order valence-electron chi connectivity index (χ1n) is 3.48. The molecular formula is C6H13IO2S. The topological polar surface area (TPSA) is 34.1 Å². The van der Waals surface area contributed by atoms with Crippen molar-refractivity contribution in [3.8, 4) is 0 Å². The summed E-state index contributed by atoms with van der Waals surface area (Å²) in [6.07, 6.45) is 4.16. The summed E-state index contributed by atoms with van der Waals surface area (Å²) in [6.45, 7) is 2.11. The van der Waals surface area contributed by atoms with Crippen molar-refractivity contribution in [2.24, 2.45) is 0 Å². The Morgan fingerprint density at radius 3 is 2.20 bits per heavy atom. The first kappa shape index (κ1) is 10.7. The Balaban J connectivity index is 3.21. The predicted octanol–water partition coefficient (Wildman–Crippen LogP) is 2.33. The highest BCUT2D eigenvalue weighted by molar-refractivity contribution is 14.2. The minimum Gasteiger partial charge on any atom is -0.218 e. The summed E-state index contributed by atoms with van der Waals surface area (Å²) in [5, 5.41) is 0. The smallest absolute Gasteiger partial charge is 0.203 e. The highest BCUT2D eigenvalue weighted by Gasteiger charge is 2.01. The Bertz CT molecular complexity index is 163. The van der Waals surface area contributed by atoms with Crippen LogP contribution in [0.15, 0.2) is 0 Å². The second-order valence-corrected chi connectivity index (χ2v) is 7.82. The third-order valence-electron chi connectivity index (χ3n) is 1.24. The maximum atomic E-state index is 10.6. The van der Waals surface area contributed by atoms with Crippen molar-refractivity contribution in [1.82, 2.24) is 0 Å². The van der Waals surface area contributed by atoms with Crippen LogP contribution in [-0.2, 0) is 7.01 Å². The van der Waals surface area contributed by atoms with E-state index in [1.807, 2.05) is 0 Å². The van der Waals surface area contributed by atoms with Crippen molar-refractivity contribution in [2.75, 3.05) is 5.75 Å². The van der Waals surface area contributed by atoms with Crippen molar-refractivity contribution in [3.05, 3.63) is 0 Å². The maximum absolute atomic E-state index is 10.6. The van der Waals surface area contributed by atoms with Crippen molar-refractivity contribution < 1.29 is 8.42 Å². The molecule has 0 spiro atoms. The fraction of sp³-hybridized carbons (Fsp3) is 1.00. The summed E-state index contributed by atoms with van der Waals surface area (Å²) >= 11 is 1.50. The van der Waals surface area contributed by atoms with E-state index >= 15 is 0 Å². The normalized spacial score (nSPS) is 11.8. The van der Waals surface area contributed by atoms with E-state index in [2.05, 4.69) is 6.92 Å². The second kappa shape index (κ2) is 5.35. The zero-order valence-corrected chi connectivity index (χ0v) is 9.11. The van der Waals surface area contributed by atoms with Gasteiger partial charge < -0.3 is 0 Å². The molecule has 0 fully saturated rings. The van der Waals surface area contributed by atoms with E-state index in [9.17, 15) is 8.42 Å². The molecule has 0 aliphatic heterocycles. The fourth-order valence-corrected chi connectivity index (χ4v) is 2.18. The number of rotatable bonds is 5. The predicted molar refractivity (Wildman–Crippen MR) is 51.9 cm³/mol. The largest absolute Gasteiger partial charge is 0.218 e. The first-order chi connectivity index (χ1) is 4.56. The lowest BCUT2D eigenvalue weighted by Gasteiger charge is -1.94. The van der Waals surface area contributed by atoms with Crippen LogP contribution in [0.2, 0.25) is 0 Å². The van der Waals surface area contributed by atoms with Gasteiger partial charge in [0, 0.05) is 0 Å². The van der Waals surface area contributed by atoms with E-state index in [4.69, 9.17) is 0 Å². The third kappa shape index (κ3) is 8.68. The molecule has 0 bridgehead atoms. The van der Waals surface area contributed by atoms with Crippen LogP contribution in [0.25, 0.3) is 0 Å². The van der Waals surface area contributed by atoms with Crippen molar-refractivity contribution in [1.29, 1.82) is 0 Å². The summed E-state index contributed by atoms with van der Waals surface area (Å²) in [5.74, 6) is 0.341. The molecule has 0 aromatic carbocycles. The molecule has 0 aromatic heterocycles. The van der Waals surface area contributed by atoms with Gasteiger partial charge in [0.1, 0.15) is 0 Å². The maximum Gasteiger partial charge on any atom is 0.203 e. The van der Waals surface area contributed by atoms with E-state index in [1.54, 1.807) is 0 Å². The van der Waals surface area contributed by atoms with Gasteiger partial charge in [-0.15, -0.1) is 0 Å². The molecule has 0 aliphatic carbocycles. The monoisotopic (exact) mass is 276 g/mol. The van der Waals surface area contributed by atoms with Gasteiger partial charge in [0.2, 0.25) is 7.01 Å². The minimum absolute atomic E-state index is 0.341. The average molecular weight is 276 g/mol. The molecule has 2 nitrogen and oxygen atoms in total. The molecule has 0 heterocycles. The van der Waals surface area contributed by atoms with Crippen molar-refractivity contribution in [3.63, 3.8) is 0 Å². The van der Waals surface area contributed by atoms with Crippen molar-refractivity contribution in [2.45, 2.75) is 32.6 Å². The Morgan fingerprint density at radius 2 is 1.80 bits per heavy atom. The fourth-order valence-electron chi connectivity index (χ4n) is 0.701. The molecule has 0 N–H and O–H groups in total. The summed E-state index contributed by atoms with van der Waals surface area (Å²) in [6, 6.07) is 0. The van der Waals surface area contributed by atoms with Gasteiger partial charge in [0.15, 0.2) is 0 Å². The zero-order chi connectivity index (χ0) is 8.04. The molecule has 0 amide bonds. The van der Waals surface area contributed by atoms with E-state index in [0.717, 1.165) is 25.7 Å². The molecule has 10 heavy (non-hydrogen) atoms. The van der Waals surface area contributed by atoms with E-state index in [0.29, 0.717) is 5.75 Å². The highest BCUT2D eigenvalue weighted by Crippen LogP contribution is 2.07. The van der Waals surface area contributed by atoms with Crippen molar-refractivity contribution >= 4 is 28.2 Å². The first-order valence-corrected chi connectivity index (χ1v) is 7.68. The molecule has 0 radical (unpaired) electrons. The van der Waals surface area contributed by atoms with Gasteiger partial charge in [-0.2, -0.15) is 0 Å². The molecule has 0 atom stereocenters. The van der Waals surface area contributed by atoms with E-state index in [-0.39, 0.29) is 0 Å². The molecule has 4 heteroatoms. The van der Waals surface area contributed by atoms with Crippen LogP contribution in [0.4, 0.5) is 0 Å². The molecular weight excluding hydrogens is 263 g/mol. The molecule has 62 valence electrons. The van der Waals surface area contributed by atoms with Gasteiger partial charge in [0.05, 0.1) is 27.0 Å². The molecule has 0 aliphatic rings. The quantitative estimate of drug-likeness (QED) is 0.439. The Morgan fingerprint density at radius 1 is 1.20 bits per heavy atom. The Hall–Kier alpha value is 0.680. The number of halogens is 1. The lowest BCUT2D eigenvalue weighted by atomic mass is 10.2. The molecule has 0 aromatic rings. The van der Waals surface area contributed by atoms with Gasteiger partial charge in [-0.3, -0.25) is 0 Å². The van der Waals surface area contributed by atoms with Crippen LogP contribution < -0.4 is 0 Å². The lowest BCUT2D eigenvalue weighted by molar-refractivity contribution is 0.605. The summed E-state index contributed by atoms with van der Waals surface area (Å²) < 4.78 is 21.2. The number of unbranched alkanes of at least 4 members (excludes halogenated alkanes) is 3.